The Hall–Kier alpha value is 0.170. The minimum atomic E-state index is -2.87. The Labute approximate surface area is 95.4 Å². The van der Waals surface area contributed by atoms with E-state index >= 15 is 0 Å². The quantitative estimate of drug-likeness (QED) is 0.498. The summed E-state index contributed by atoms with van der Waals surface area (Å²) in [6.07, 6.45) is 0. The van der Waals surface area contributed by atoms with Crippen molar-refractivity contribution < 1.29 is 14.4 Å². The SMILES string of the molecule is Cl.Cl.O=[P+](O)O.Sc1ccccc1. The Morgan fingerprint density at radius 2 is 1.38 bits per heavy atom. The Morgan fingerprint density at radius 1 is 1.08 bits per heavy atom. The van der Waals surface area contributed by atoms with E-state index in [1.807, 2.05) is 30.3 Å². The number of benzene rings is 1. The van der Waals surface area contributed by atoms with Gasteiger partial charge in [0.2, 0.25) is 0 Å². The topological polar surface area (TPSA) is 57.5 Å². The van der Waals surface area contributed by atoms with E-state index < -0.39 is 8.25 Å². The smallest absolute Gasteiger partial charge is 0.147 e. The molecule has 76 valence electrons. The molecule has 2 N–H and O–H groups in total. The maximum Gasteiger partial charge on any atom is 0.692 e. The normalized spacial score (nSPS) is 6.69. The molecule has 0 heterocycles. The summed E-state index contributed by atoms with van der Waals surface area (Å²) in [6, 6.07) is 9.79. The van der Waals surface area contributed by atoms with Gasteiger partial charge in [-0.3, -0.25) is 0 Å². The standard InChI is InChI=1S/C6H6S.2ClH.HO3P/c7-6-4-2-1-3-5-6;;;1-4(2)3/h1-5,7H;2*1H;(H-,1,2,3)/p+1. The van der Waals surface area contributed by atoms with E-state index in [-0.39, 0.29) is 24.8 Å². The highest BCUT2D eigenvalue weighted by molar-refractivity contribution is 7.80. The van der Waals surface area contributed by atoms with Crippen LogP contribution in [0.15, 0.2) is 35.2 Å². The van der Waals surface area contributed by atoms with Gasteiger partial charge in [0.1, 0.15) is 0 Å². The number of halogens is 2. The summed E-state index contributed by atoms with van der Waals surface area (Å²) in [5.74, 6) is 0. The van der Waals surface area contributed by atoms with Crippen molar-refractivity contribution in [1.29, 1.82) is 0 Å². The second-order valence-corrected chi connectivity index (χ2v) is 2.61. The molecule has 0 aliphatic heterocycles. The van der Waals surface area contributed by atoms with Crippen molar-refractivity contribution in [3.8, 4) is 0 Å². The molecule has 1 aromatic rings. The van der Waals surface area contributed by atoms with Crippen LogP contribution in [0.4, 0.5) is 0 Å². The fourth-order valence-electron chi connectivity index (χ4n) is 0.428. The van der Waals surface area contributed by atoms with Gasteiger partial charge in [0.25, 0.3) is 0 Å². The van der Waals surface area contributed by atoms with Gasteiger partial charge in [-0.25, -0.2) is 0 Å². The third kappa shape index (κ3) is 18.9. The zero-order chi connectivity index (χ0) is 8.69. The Morgan fingerprint density at radius 3 is 1.54 bits per heavy atom. The second-order valence-electron chi connectivity index (χ2n) is 1.59. The first-order valence-corrected chi connectivity index (χ1v) is 4.33. The van der Waals surface area contributed by atoms with Gasteiger partial charge in [-0.05, 0) is 12.1 Å². The first-order chi connectivity index (χ1) is 5.13. The zero-order valence-electron chi connectivity index (χ0n) is 6.40. The highest BCUT2D eigenvalue weighted by Gasteiger charge is 1.93. The van der Waals surface area contributed by atoms with E-state index in [2.05, 4.69) is 12.6 Å². The van der Waals surface area contributed by atoms with Gasteiger partial charge >= 0.3 is 8.25 Å². The maximum absolute atomic E-state index is 8.70. The molecule has 0 aliphatic rings. The van der Waals surface area contributed by atoms with Gasteiger partial charge < -0.3 is 0 Å². The third-order valence-electron chi connectivity index (χ3n) is 0.756. The largest absolute Gasteiger partial charge is 0.692 e. The minimum Gasteiger partial charge on any atom is -0.147 e. The van der Waals surface area contributed by atoms with Crippen LogP contribution in [0.3, 0.4) is 0 Å². The molecule has 1 aromatic carbocycles. The van der Waals surface area contributed by atoms with Crippen LogP contribution in [0.1, 0.15) is 0 Å². The van der Waals surface area contributed by atoms with Gasteiger partial charge in [0, 0.05) is 9.46 Å². The van der Waals surface area contributed by atoms with Crippen molar-refractivity contribution in [3.63, 3.8) is 0 Å². The van der Waals surface area contributed by atoms with E-state index in [1.54, 1.807) is 0 Å². The lowest BCUT2D eigenvalue weighted by Crippen LogP contribution is -1.56. The van der Waals surface area contributed by atoms with E-state index in [1.165, 1.54) is 0 Å². The monoisotopic (exact) mass is 263 g/mol. The van der Waals surface area contributed by atoms with Gasteiger partial charge in [0.05, 0.1) is 0 Å². The second kappa shape index (κ2) is 12.2. The van der Waals surface area contributed by atoms with Crippen LogP contribution in [0.5, 0.6) is 0 Å². The van der Waals surface area contributed by atoms with Crippen LogP contribution >= 0.6 is 45.7 Å². The van der Waals surface area contributed by atoms with Crippen molar-refractivity contribution in [2.75, 3.05) is 0 Å². The first kappa shape index (κ1) is 18.9. The average Bonchev–Trinajstić information content (AvgIpc) is 1.87. The number of hydrogen-bond acceptors (Lipinski definition) is 2. The van der Waals surface area contributed by atoms with Crippen molar-refractivity contribution >= 4 is 45.7 Å². The molecule has 0 saturated heterocycles. The lowest BCUT2D eigenvalue weighted by Gasteiger charge is -1.81. The summed E-state index contributed by atoms with van der Waals surface area (Å²) in [6.45, 7) is 0. The van der Waals surface area contributed by atoms with E-state index in [9.17, 15) is 0 Å². The van der Waals surface area contributed by atoms with Crippen LogP contribution in [0.2, 0.25) is 0 Å². The summed E-state index contributed by atoms with van der Waals surface area (Å²) in [7, 11) is -2.87. The average molecular weight is 264 g/mol. The van der Waals surface area contributed by atoms with E-state index in [0.29, 0.717) is 0 Å². The molecule has 0 spiro atoms. The highest BCUT2D eigenvalue weighted by Crippen LogP contribution is 2.00. The molecule has 7 heteroatoms. The minimum absolute atomic E-state index is 0. The molecule has 0 atom stereocenters. The summed E-state index contributed by atoms with van der Waals surface area (Å²) >= 11 is 4.08. The fraction of sp³-hybridized carbons (Fsp3) is 0. The van der Waals surface area contributed by atoms with Crippen molar-refractivity contribution in [2.24, 2.45) is 0 Å². The van der Waals surface area contributed by atoms with Crippen molar-refractivity contribution in [1.82, 2.24) is 0 Å². The van der Waals surface area contributed by atoms with Crippen LogP contribution in [0.25, 0.3) is 0 Å². The van der Waals surface area contributed by atoms with Gasteiger partial charge in [-0.2, -0.15) is 0 Å². The molecule has 0 fully saturated rings. The highest BCUT2D eigenvalue weighted by atomic mass is 35.5. The van der Waals surface area contributed by atoms with Crippen molar-refractivity contribution in [2.45, 2.75) is 4.90 Å². The predicted molar refractivity (Wildman–Crippen MR) is 60.2 cm³/mol. The van der Waals surface area contributed by atoms with Gasteiger partial charge in [-0.15, -0.1) is 47.2 Å². The number of thiol groups is 1. The lowest BCUT2D eigenvalue weighted by atomic mass is 10.4. The Kier molecular flexibility index (Phi) is 17.7. The maximum atomic E-state index is 8.70. The molecular weight excluding hydrogens is 254 g/mol. The van der Waals surface area contributed by atoms with Crippen LogP contribution < -0.4 is 0 Å². The fourth-order valence-corrected chi connectivity index (χ4v) is 0.600. The molecule has 0 bridgehead atoms. The number of rotatable bonds is 0. The molecule has 13 heavy (non-hydrogen) atoms. The Bertz CT molecular complexity index is 218. The number of hydrogen-bond donors (Lipinski definition) is 3. The van der Waals surface area contributed by atoms with Crippen LogP contribution in [-0.2, 0) is 4.57 Å². The molecule has 0 unspecified atom stereocenters. The molecule has 0 radical (unpaired) electrons. The first-order valence-electron chi connectivity index (χ1n) is 2.72. The van der Waals surface area contributed by atoms with Crippen LogP contribution in [-0.4, -0.2) is 9.79 Å². The molecule has 1 rings (SSSR count). The third-order valence-corrected chi connectivity index (χ3v) is 1.05. The molecule has 0 saturated carbocycles. The summed E-state index contributed by atoms with van der Waals surface area (Å²) in [5.41, 5.74) is 0. The molecule has 0 aliphatic carbocycles. The van der Waals surface area contributed by atoms with Crippen LogP contribution in [0, 0.1) is 0 Å². The van der Waals surface area contributed by atoms with E-state index in [4.69, 9.17) is 14.4 Å². The van der Waals surface area contributed by atoms with Crippen molar-refractivity contribution in [3.05, 3.63) is 30.3 Å². The summed E-state index contributed by atoms with van der Waals surface area (Å²) < 4.78 is 8.70. The molecular formula is C6H10Cl2O3PS+. The summed E-state index contributed by atoms with van der Waals surface area (Å²) in [5, 5.41) is 0. The molecule has 0 aromatic heterocycles. The molecule has 3 nitrogen and oxygen atoms in total. The van der Waals surface area contributed by atoms with Gasteiger partial charge in [0.15, 0.2) is 0 Å². The zero-order valence-corrected chi connectivity index (χ0v) is 9.82. The van der Waals surface area contributed by atoms with E-state index in [0.717, 1.165) is 4.90 Å². The molecule has 0 amide bonds. The predicted octanol–water partition coefficient (Wildman–Crippen LogP) is 2.45. The summed E-state index contributed by atoms with van der Waals surface area (Å²) in [4.78, 5) is 15.3. The Balaban J connectivity index is -0.000000150. The van der Waals surface area contributed by atoms with Gasteiger partial charge in [-0.1, -0.05) is 18.2 Å². The lowest BCUT2D eigenvalue weighted by molar-refractivity contribution is 0.405.